The summed E-state index contributed by atoms with van der Waals surface area (Å²) in [5.41, 5.74) is 0. The summed E-state index contributed by atoms with van der Waals surface area (Å²) in [4.78, 5) is 11.5. The first-order valence-corrected chi connectivity index (χ1v) is 5.87. The second-order valence-electron chi connectivity index (χ2n) is 3.80. The number of hydrogen-bond donors (Lipinski definition) is 1. The SMILES string of the molecule is CCCNC(COc1cccc(F)c1)C(=O)OC. The van der Waals surface area contributed by atoms with Gasteiger partial charge in [-0.05, 0) is 25.1 Å². The Bertz CT molecular complexity index is 384. The molecule has 18 heavy (non-hydrogen) atoms. The van der Waals surface area contributed by atoms with Crippen LogP contribution in [-0.2, 0) is 9.53 Å². The van der Waals surface area contributed by atoms with Gasteiger partial charge in [-0.2, -0.15) is 0 Å². The van der Waals surface area contributed by atoms with Gasteiger partial charge in [-0.15, -0.1) is 0 Å². The van der Waals surface area contributed by atoms with Gasteiger partial charge in [0.25, 0.3) is 0 Å². The van der Waals surface area contributed by atoms with E-state index in [1.54, 1.807) is 12.1 Å². The zero-order chi connectivity index (χ0) is 13.4. The van der Waals surface area contributed by atoms with Crippen molar-refractivity contribution in [3.05, 3.63) is 30.1 Å². The first-order valence-electron chi connectivity index (χ1n) is 5.87. The number of halogens is 1. The molecule has 0 saturated carbocycles. The maximum absolute atomic E-state index is 12.9. The summed E-state index contributed by atoms with van der Waals surface area (Å²) < 4.78 is 23.0. The van der Waals surface area contributed by atoms with Crippen molar-refractivity contribution >= 4 is 5.97 Å². The molecular weight excluding hydrogens is 237 g/mol. The third-order valence-corrected chi connectivity index (χ3v) is 2.34. The van der Waals surface area contributed by atoms with Gasteiger partial charge in [-0.25, -0.2) is 4.39 Å². The summed E-state index contributed by atoms with van der Waals surface area (Å²) in [6.45, 7) is 2.79. The number of ether oxygens (including phenoxy) is 2. The van der Waals surface area contributed by atoms with Gasteiger partial charge < -0.3 is 14.8 Å². The molecule has 0 aliphatic carbocycles. The Labute approximate surface area is 106 Å². The van der Waals surface area contributed by atoms with Gasteiger partial charge >= 0.3 is 5.97 Å². The largest absolute Gasteiger partial charge is 0.491 e. The average molecular weight is 255 g/mol. The normalized spacial score (nSPS) is 11.9. The summed E-state index contributed by atoms with van der Waals surface area (Å²) in [6.07, 6.45) is 0.896. The summed E-state index contributed by atoms with van der Waals surface area (Å²) in [7, 11) is 1.32. The van der Waals surface area contributed by atoms with E-state index in [1.165, 1.54) is 19.2 Å². The number of carbonyl (C=O) groups is 1. The number of rotatable bonds is 7. The number of hydrogen-bond acceptors (Lipinski definition) is 4. The fourth-order valence-electron chi connectivity index (χ4n) is 1.41. The molecule has 0 bridgehead atoms. The lowest BCUT2D eigenvalue weighted by molar-refractivity contribution is -0.143. The van der Waals surface area contributed by atoms with Gasteiger partial charge in [0.2, 0.25) is 0 Å². The van der Waals surface area contributed by atoms with Crippen LogP contribution in [0.4, 0.5) is 4.39 Å². The second kappa shape index (κ2) is 7.66. The number of methoxy groups -OCH3 is 1. The highest BCUT2D eigenvalue weighted by Crippen LogP contribution is 2.12. The predicted octanol–water partition coefficient (Wildman–Crippen LogP) is 1.75. The van der Waals surface area contributed by atoms with Crippen molar-refractivity contribution in [1.82, 2.24) is 5.32 Å². The summed E-state index contributed by atoms with van der Waals surface area (Å²) in [6, 6.07) is 5.25. The summed E-state index contributed by atoms with van der Waals surface area (Å²) in [5, 5.41) is 3.01. The molecule has 0 amide bonds. The molecule has 1 aromatic rings. The van der Waals surface area contributed by atoms with Crippen LogP contribution in [0.2, 0.25) is 0 Å². The maximum Gasteiger partial charge on any atom is 0.326 e. The molecule has 0 spiro atoms. The number of benzene rings is 1. The van der Waals surface area contributed by atoms with E-state index in [2.05, 4.69) is 10.1 Å². The summed E-state index contributed by atoms with van der Waals surface area (Å²) >= 11 is 0. The molecule has 0 saturated heterocycles. The van der Waals surface area contributed by atoms with E-state index in [1.807, 2.05) is 6.92 Å². The van der Waals surface area contributed by atoms with Crippen LogP contribution < -0.4 is 10.1 Å². The average Bonchev–Trinajstić information content (AvgIpc) is 2.38. The molecule has 0 aromatic heterocycles. The molecule has 1 rings (SSSR count). The Morgan fingerprint density at radius 3 is 2.89 bits per heavy atom. The van der Waals surface area contributed by atoms with E-state index >= 15 is 0 Å². The molecule has 1 N–H and O–H groups in total. The van der Waals surface area contributed by atoms with Crippen molar-refractivity contribution in [3.8, 4) is 5.75 Å². The minimum atomic E-state index is -0.543. The smallest absolute Gasteiger partial charge is 0.326 e. The van der Waals surface area contributed by atoms with Gasteiger partial charge in [0.05, 0.1) is 7.11 Å². The van der Waals surface area contributed by atoms with Crippen LogP contribution in [0.25, 0.3) is 0 Å². The molecule has 1 aromatic carbocycles. The van der Waals surface area contributed by atoms with Crippen LogP contribution in [0.5, 0.6) is 5.75 Å². The van der Waals surface area contributed by atoms with Gasteiger partial charge in [-0.1, -0.05) is 13.0 Å². The minimum Gasteiger partial charge on any atom is -0.491 e. The predicted molar refractivity (Wildman–Crippen MR) is 66.0 cm³/mol. The van der Waals surface area contributed by atoms with Gasteiger partial charge in [0, 0.05) is 6.07 Å². The summed E-state index contributed by atoms with van der Waals surface area (Å²) in [5.74, 6) is -0.370. The van der Waals surface area contributed by atoms with E-state index in [0.29, 0.717) is 12.3 Å². The number of esters is 1. The van der Waals surface area contributed by atoms with Crippen molar-refractivity contribution in [2.24, 2.45) is 0 Å². The van der Waals surface area contributed by atoms with Crippen molar-refractivity contribution in [3.63, 3.8) is 0 Å². The molecule has 0 aliphatic heterocycles. The molecule has 5 heteroatoms. The molecule has 0 radical (unpaired) electrons. The van der Waals surface area contributed by atoms with Crippen molar-refractivity contribution in [2.45, 2.75) is 19.4 Å². The molecule has 1 unspecified atom stereocenters. The van der Waals surface area contributed by atoms with Crippen LogP contribution in [0, 0.1) is 5.82 Å². The molecule has 0 heterocycles. The monoisotopic (exact) mass is 255 g/mol. The second-order valence-corrected chi connectivity index (χ2v) is 3.80. The van der Waals surface area contributed by atoms with E-state index in [9.17, 15) is 9.18 Å². The Balaban J connectivity index is 2.53. The fraction of sp³-hybridized carbons (Fsp3) is 0.462. The van der Waals surface area contributed by atoms with E-state index in [-0.39, 0.29) is 18.4 Å². The zero-order valence-electron chi connectivity index (χ0n) is 10.6. The number of carbonyl (C=O) groups excluding carboxylic acids is 1. The molecule has 1 atom stereocenters. The highest BCUT2D eigenvalue weighted by Gasteiger charge is 2.18. The first-order chi connectivity index (χ1) is 8.67. The lowest BCUT2D eigenvalue weighted by atomic mass is 10.3. The van der Waals surface area contributed by atoms with Gasteiger partial charge in [-0.3, -0.25) is 4.79 Å². The standard InChI is InChI=1S/C13H18FNO3/c1-3-7-15-12(13(16)17-2)9-18-11-6-4-5-10(14)8-11/h4-6,8,12,15H,3,7,9H2,1-2H3. The van der Waals surface area contributed by atoms with Crippen LogP contribution >= 0.6 is 0 Å². The topological polar surface area (TPSA) is 47.6 Å². The van der Waals surface area contributed by atoms with Crippen molar-refractivity contribution in [2.75, 3.05) is 20.3 Å². The van der Waals surface area contributed by atoms with E-state index in [4.69, 9.17) is 4.74 Å². The van der Waals surface area contributed by atoms with Crippen molar-refractivity contribution < 1.29 is 18.7 Å². The Hall–Kier alpha value is -1.62. The van der Waals surface area contributed by atoms with Gasteiger partial charge in [0.1, 0.15) is 24.2 Å². The minimum absolute atomic E-state index is 0.107. The third kappa shape index (κ3) is 4.71. The maximum atomic E-state index is 12.9. The van der Waals surface area contributed by atoms with Crippen LogP contribution in [0.15, 0.2) is 24.3 Å². The first kappa shape index (κ1) is 14.4. The lowest BCUT2D eigenvalue weighted by Crippen LogP contribution is -2.42. The van der Waals surface area contributed by atoms with E-state index < -0.39 is 6.04 Å². The fourth-order valence-corrected chi connectivity index (χ4v) is 1.41. The lowest BCUT2D eigenvalue weighted by Gasteiger charge is -2.16. The third-order valence-electron chi connectivity index (χ3n) is 2.34. The van der Waals surface area contributed by atoms with Crippen LogP contribution in [0.3, 0.4) is 0 Å². The molecule has 0 fully saturated rings. The Morgan fingerprint density at radius 1 is 1.50 bits per heavy atom. The van der Waals surface area contributed by atoms with E-state index in [0.717, 1.165) is 6.42 Å². The van der Waals surface area contributed by atoms with Crippen molar-refractivity contribution in [1.29, 1.82) is 0 Å². The van der Waals surface area contributed by atoms with Gasteiger partial charge in [0.15, 0.2) is 0 Å². The Kier molecular flexibility index (Phi) is 6.14. The van der Waals surface area contributed by atoms with Crippen LogP contribution in [-0.4, -0.2) is 32.3 Å². The highest BCUT2D eigenvalue weighted by atomic mass is 19.1. The molecule has 0 aliphatic rings. The molecule has 4 nitrogen and oxygen atoms in total. The Morgan fingerprint density at radius 2 is 2.28 bits per heavy atom. The van der Waals surface area contributed by atoms with Crippen LogP contribution in [0.1, 0.15) is 13.3 Å². The number of nitrogens with one attached hydrogen (secondary N) is 1. The highest BCUT2D eigenvalue weighted by molar-refractivity contribution is 5.75. The zero-order valence-corrected chi connectivity index (χ0v) is 10.6. The molecular formula is C13H18FNO3. The quantitative estimate of drug-likeness (QED) is 0.754. The molecule has 100 valence electrons.